The molecular formula is C16H22N2O4. The lowest BCUT2D eigenvalue weighted by Crippen LogP contribution is -2.47. The molecule has 0 saturated heterocycles. The number of methoxy groups -OCH3 is 1. The van der Waals surface area contributed by atoms with E-state index in [0.717, 1.165) is 6.42 Å². The van der Waals surface area contributed by atoms with E-state index < -0.39 is 18.0 Å². The van der Waals surface area contributed by atoms with Gasteiger partial charge in [0.2, 0.25) is 0 Å². The van der Waals surface area contributed by atoms with Crippen LogP contribution in [-0.2, 0) is 9.53 Å². The lowest BCUT2D eigenvalue weighted by atomic mass is 9.99. The number of hydrogen-bond acceptors (Lipinski definition) is 4. The fourth-order valence-electron chi connectivity index (χ4n) is 1.89. The number of anilines is 1. The number of ether oxygens (including phenoxy) is 1. The van der Waals surface area contributed by atoms with Crippen LogP contribution in [0.25, 0.3) is 0 Å². The van der Waals surface area contributed by atoms with Gasteiger partial charge in [-0.3, -0.25) is 4.79 Å². The normalized spacial score (nSPS) is 12.9. The lowest BCUT2D eigenvalue weighted by molar-refractivity contribution is -0.144. The quantitative estimate of drug-likeness (QED) is 0.625. The largest absolute Gasteiger partial charge is 0.467 e. The first-order valence-electron chi connectivity index (χ1n) is 7.15. The number of rotatable bonds is 6. The summed E-state index contributed by atoms with van der Waals surface area (Å²) in [5.41, 5.74) is 1.10. The Labute approximate surface area is 130 Å². The van der Waals surface area contributed by atoms with Crippen LogP contribution in [0, 0.1) is 5.92 Å². The molecule has 6 nitrogen and oxygen atoms in total. The van der Waals surface area contributed by atoms with Crippen molar-refractivity contribution in [2.45, 2.75) is 33.2 Å². The molecule has 0 spiro atoms. The highest BCUT2D eigenvalue weighted by atomic mass is 16.5. The van der Waals surface area contributed by atoms with Gasteiger partial charge in [-0.2, -0.15) is 0 Å². The third-order valence-corrected chi connectivity index (χ3v) is 3.50. The number of hydrogen-bond donors (Lipinski definition) is 2. The van der Waals surface area contributed by atoms with Gasteiger partial charge in [-0.25, -0.2) is 9.59 Å². The Kier molecular flexibility index (Phi) is 6.56. The van der Waals surface area contributed by atoms with Crippen molar-refractivity contribution in [2.24, 2.45) is 5.92 Å². The zero-order chi connectivity index (χ0) is 16.7. The van der Waals surface area contributed by atoms with E-state index in [9.17, 15) is 14.4 Å². The molecule has 2 atom stereocenters. The highest BCUT2D eigenvalue weighted by molar-refractivity contribution is 5.96. The Morgan fingerprint density at radius 1 is 1.18 bits per heavy atom. The minimum Gasteiger partial charge on any atom is -0.467 e. The van der Waals surface area contributed by atoms with E-state index in [1.54, 1.807) is 24.3 Å². The van der Waals surface area contributed by atoms with Crippen molar-refractivity contribution in [2.75, 3.05) is 12.4 Å². The molecular weight excluding hydrogens is 284 g/mol. The van der Waals surface area contributed by atoms with Crippen molar-refractivity contribution >= 4 is 23.5 Å². The van der Waals surface area contributed by atoms with Crippen molar-refractivity contribution in [3.63, 3.8) is 0 Å². The van der Waals surface area contributed by atoms with Crippen LogP contribution in [-0.4, -0.2) is 30.9 Å². The summed E-state index contributed by atoms with van der Waals surface area (Å²) in [5.74, 6) is -0.562. The summed E-state index contributed by atoms with van der Waals surface area (Å²) in [6, 6.07) is 5.33. The average molecular weight is 306 g/mol. The van der Waals surface area contributed by atoms with Gasteiger partial charge in [-0.1, -0.05) is 20.3 Å². The van der Waals surface area contributed by atoms with Gasteiger partial charge in [0.15, 0.2) is 5.78 Å². The summed E-state index contributed by atoms with van der Waals surface area (Å²) < 4.78 is 4.71. The number of esters is 1. The van der Waals surface area contributed by atoms with E-state index in [4.69, 9.17) is 4.74 Å². The van der Waals surface area contributed by atoms with Gasteiger partial charge in [0.1, 0.15) is 6.04 Å². The van der Waals surface area contributed by atoms with Gasteiger partial charge in [-0.05, 0) is 37.1 Å². The SMILES string of the molecule is CC[C@@H](C)[C@H](NC(=O)Nc1ccc(C(C)=O)cc1)C(=O)OC. The summed E-state index contributed by atoms with van der Waals surface area (Å²) in [6.45, 7) is 5.27. The van der Waals surface area contributed by atoms with E-state index in [2.05, 4.69) is 10.6 Å². The second-order valence-corrected chi connectivity index (χ2v) is 5.12. The summed E-state index contributed by atoms with van der Waals surface area (Å²) >= 11 is 0. The Bertz CT molecular complexity index is 540. The third kappa shape index (κ3) is 4.87. The molecule has 0 bridgehead atoms. The predicted octanol–water partition coefficient (Wildman–Crippen LogP) is 2.60. The highest BCUT2D eigenvalue weighted by Gasteiger charge is 2.26. The molecule has 0 aliphatic rings. The molecule has 1 rings (SSSR count). The molecule has 22 heavy (non-hydrogen) atoms. The molecule has 6 heteroatoms. The van der Waals surface area contributed by atoms with Crippen molar-refractivity contribution in [3.8, 4) is 0 Å². The van der Waals surface area contributed by atoms with Crippen LogP contribution in [0.2, 0.25) is 0 Å². The van der Waals surface area contributed by atoms with E-state index in [0.29, 0.717) is 11.3 Å². The number of ketones is 1. The van der Waals surface area contributed by atoms with Crippen LogP contribution in [0.4, 0.5) is 10.5 Å². The first kappa shape index (κ1) is 17.7. The molecule has 0 unspecified atom stereocenters. The van der Waals surface area contributed by atoms with Crippen molar-refractivity contribution < 1.29 is 19.1 Å². The number of benzene rings is 1. The van der Waals surface area contributed by atoms with Crippen LogP contribution < -0.4 is 10.6 Å². The molecule has 2 amide bonds. The van der Waals surface area contributed by atoms with Crippen molar-refractivity contribution in [1.29, 1.82) is 0 Å². The zero-order valence-corrected chi connectivity index (χ0v) is 13.3. The number of carbonyl (C=O) groups excluding carboxylic acids is 3. The van der Waals surface area contributed by atoms with Crippen LogP contribution >= 0.6 is 0 Å². The first-order valence-corrected chi connectivity index (χ1v) is 7.15. The Balaban J connectivity index is 2.70. The second-order valence-electron chi connectivity index (χ2n) is 5.12. The molecule has 0 aliphatic carbocycles. The molecule has 1 aromatic rings. The van der Waals surface area contributed by atoms with E-state index >= 15 is 0 Å². The lowest BCUT2D eigenvalue weighted by Gasteiger charge is -2.22. The summed E-state index contributed by atoms with van der Waals surface area (Å²) in [5, 5.41) is 5.24. The van der Waals surface area contributed by atoms with Crippen molar-refractivity contribution in [1.82, 2.24) is 5.32 Å². The standard InChI is InChI=1S/C16H22N2O4/c1-5-10(2)14(15(20)22-4)18-16(21)17-13-8-6-12(7-9-13)11(3)19/h6-10,14H,5H2,1-4H3,(H2,17,18,21)/t10-,14+/m1/s1. The predicted molar refractivity (Wildman–Crippen MR) is 83.9 cm³/mol. The number of amides is 2. The summed E-state index contributed by atoms with van der Waals surface area (Å²) in [6.07, 6.45) is 0.730. The maximum atomic E-state index is 12.0. The molecule has 0 saturated carbocycles. The van der Waals surface area contributed by atoms with Crippen LogP contribution in [0.1, 0.15) is 37.6 Å². The van der Waals surface area contributed by atoms with Crippen LogP contribution in [0.5, 0.6) is 0 Å². The number of nitrogens with one attached hydrogen (secondary N) is 2. The molecule has 0 fully saturated rings. The zero-order valence-electron chi connectivity index (χ0n) is 13.3. The van der Waals surface area contributed by atoms with Gasteiger partial charge < -0.3 is 15.4 Å². The maximum Gasteiger partial charge on any atom is 0.328 e. The molecule has 0 heterocycles. The summed E-state index contributed by atoms with van der Waals surface area (Å²) in [4.78, 5) is 34.9. The molecule has 2 N–H and O–H groups in total. The van der Waals surface area contributed by atoms with Gasteiger partial charge >= 0.3 is 12.0 Å². The molecule has 0 aliphatic heterocycles. The Morgan fingerprint density at radius 2 is 1.77 bits per heavy atom. The van der Waals surface area contributed by atoms with Gasteiger partial charge in [0.05, 0.1) is 7.11 Å². The average Bonchev–Trinajstić information content (AvgIpc) is 2.51. The van der Waals surface area contributed by atoms with Gasteiger partial charge in [-0.15, -0.1) is 0 Å². The Hall–Kier alpha value is -2.37. The molecule has 0 aromatic heterocycles. The Morgan fingerprint density at radius 3 is 2.23 bits per heavy atom. The maximum absolute atomic E-state index is 12.0. The second kappa shape index (κ2) is 8.17. The number of Topliss-reactive ketones (excluding diaryl/α,β-unsaturated/α-hetero) is 1. The fraction of sp³-hybridized carbons (Fsp3) is 0.438. The number of carbonyl (C=O) groups is 3. The summed E-state index contributed by atoms with van der Waals surface area (Å²) in [7, 11) is 1.29. The van der Waals surface area contributed by atoms with Crippen LogP contribution in [0.3, 0.4) is 0 Å². The molecule has 0 radical (unpaired) electrons. The van der Waals surface area contributed by atoms with E-state index in [1.165, 1.54) is 14.0 Å². The monoisotopic (exact) mass is 306 g/mol. The minimum atomic E-state index is -0.702. The van der Waals surface area contributed by atoms with Crippen LogP contribution in [0.15, 0.2) is 24.3 Å². The van der Waals surface area contributed by atoms with E-state index in [1.807, 2.05) is 13.8 Å². The van der Waals surface area contributed by atoms with Gasteiger partial charge in [0.25, 0.3) is 0 Å². The molecule has 120 valence electrons. The van der Waals surface area contributed by atoms with E-state index in [-0.39, 0.29) is 11.7 Å². The topological polar surface area (TPSA) is 84.5 Å². The third-order valence-electron chi connectivity index (χ3n) is 3.50. The fourth-order valence-corrected chi connectivity index (χ4v) is 1.89. The smallest absolute Gasteiger partial charge is 0.328 e. The molecule has 1 aromatic carbocycles. The number of urea groups is 1. The minimum absolute atomic E-state index is 0.0430. The highest BCUT2D eigenvalue weighted by Crippen LogP contribution is 2.12. The van der Waals surface area contributed by atoms with Crippen molar-refractivity contribution in [3.05, 3.63) is 29.8 Å². The first-order chi connectivity index (χ1) is 10.4. The van der Waals surface area contributed by atoms with Gasteiger partial charge in [0, 0.05) is 11.3 Å².